The third-order valence-corrected chi connectivity index (χ3v) is 4.01. The second kappa shape index (κ2) is 5.36. The minimum Gasteiger partial charge on any atom is -0.378 e. The van der Waals surface area contributed by atoms with E-state index >= 15 is 0 Å². The lowest BCUT2D eigenvalue weighted by Gasteiger charge is -2.28. The maximum Gasteiger partial charge on any atom is 0.240 e. The van der Waals surface area contributed by atoms with Crippen LogP contribution in [0.25, 0.3) is 10.2 Å². The molecule has 0 radical (unpaired) electrons. The summed E-state index contributed by atoms with van der Waals surface area (Å²) in [5, 5.41) is 3.28. The molecule has 0 aromatic carbocycles. The van der Waals surface area contributed by atoms with Crippen molar-refractivity contribution < 1.29 is 9.53 Å². The van der Waals surface area contributed by atoms with Crippen molar-refractivity contribution in [3.8, 4) is 0 Å². The number of hydrogen-bond acceptors (Lipinski definition) is 6. The maximum atomic E-state index is 11.1. The van der Waals surface area contributed by atoms with Gasteiger partial charge < -0.3 is 9.64 Å². The number of thiazole rings is 1. The third kappa shape index (κ3) is 2.68. The Bertz CT molecular complexity index is 612. The molecule has 1 aliphatic rings. The molecule has 2 aromatic heterocycles. The summed E-state index contributed by atoms with van der Waals surface area (Å²) in [6.07, 6.45) is 3.56. The highest BCUT2D eigenvalue weighted by Gasteiger charge is 2.17. The molecule has 8 heteroatoms. The second-order valence-corrected chi connectivity index (χ2v) is 5.64. The van der Waals surface area contributed by atoms with Gasteiger partial charge in [0.1, 0.15) is 5.52 Å². The number of anilines is 2. The molecule has 19 heavy (non-hydrogen) atoms. The Morgan fingerprint density at radius 2 is 2.21 bits per heavy atom. The minimum absolute atomic E-state index is 0.195. The molecule has 1 aliphatic heterocycles. The number of nitrogens with one attached hydrogen (secondary N) is 1. The lowest BCUT2D eigenvalue weighted by atomic mass is 10.3. The van der Waals surface area contributed by atoms with Gasteiger partial charge in [-0.05, 0) is 9.24 Å². The summed E-state index contributed by atoms with van der Waals surface area (Å²) in [6, 6.07) is 0. The Kier molecular flexibility index (Phi) is 3.59. The van der Waals surface area contributed by atoms with Gasteiger partial charge in [0.05, 0.1) is 36.0 Å². The molecule has 2 aromatic rings. The van der Waals surface area contributed by atoms with E-state index in [0.29, 0.717) is 5.13 Å². The number of morpholine rings is 1. The quantitative estimate of drug-likeness (QED) is 0.858. The third-order valence-electron chi connectivity index (χ3n) is 2.86. The number of hydrogen-bond donors (Lipinski definition) is 1. The SMILES string of the molecule is O=C(P)Nc1nc2cncc(N3CCOCC3)c2s1. The predicted octanol–water partition coefficient (Wildman–Crippen LogP) is 1.93. The summed E-state index contributed by atoms with van der Waals surface area (Å²) in [5.74, 6) is 0. The number of ether oxygens (including phenoxy) is 1. The largest absolute Gasteiger partial charge is 0.378 e. The van der Waals surface area contributed by atoms with Crippen LogP contribution in [0.15, 0.2) is 12.4 Å². The van der Waals surface area contributed by atoms with Crippen LogP contribution in [0.2, 0.25) is 0 Å². The molecule has 1 fully saturated rings. The Hall–Kier alpha value is -1.30. The average Bonchev–Trinajstić information content (AvgIpc) is 2.80. The van der Waals surface area contributed by atoms with Crippen molar-refractivity contribution in [3.05, 3.63) is 12.4 Å². The standard InChI is InChI=1S/C11H13N4O2PS/c16-11(18)14-10-13-7-5-12-6-8(9(7)19-10)15-1-3-17-4-2-15/h5-6H,1-4,18H2,(H,13,14,16). The highest BCUT2D eigenvalue weighted by molar-refractivity contribution is 7.41. The van der Waals surface area contributed by atoms with Gasteiger partial charge in [0, 0.05) is 13.1 Å². The topological polar surface area (TPSA) is 67.4 Å². The van der Waals surface area contributed by atoms with E-state index in [4.69, 9.17) is 4.74 Å². The molecule has 0 spiro atoms. The highest BCUT2D eigenvalue weighted by atomic mass is 32.1. The fraction of sp³-hybridized carbons (Fsp3) is 0.364. The van der Waals surface area contributed by atoms with Crippen molar-refractivity contribution in [1.29, 1.82) is 0 Å². The average molecular weight is 296 g/mol. The molecule has 1 atom stereocenters. The minimum atomic E-state index is -0.195. The van der Waals surface area contributed by atoms with E-state index in [1.54, 1.807) is 6.20 Å². The zero-order valence-electron chi connectivity index (χ0n) is 10.1. The van der Waals surface area contributed by atoms with Gasteiger partial charge in [-0.25, -0.2) is 4.98 Å². The second-order valence-electron chi connectivity index (χ2n) is 4.11. The Morgan fingerprint density at radius 3 is 2.95 bits per heavy atom. The first-order valence-corrected chi connectivity index (χ1v) is 7.27. The fourth-order valence-corrected chi connectivity index (χ4v) is 3.25. The van der Waals surface area contributed by atoms with E-state index < -0.39 is 0 Å². The van der Waals surface area contributed by atoms with E-state index in [1.807, 2.05) is 6.20 Å². The van der Waals surface area contributed by atoms with E-state index in [-0.39, 0.29) is 5.65 Å². The molecular formula is C11H13N4O2PS. The van der Waals surface area contributed by atoms with Crippen LogP contribution in [-0.2, 0) is 4.74 Å². The van der Waals surface area contributed by atoms with Gasteiger partial charge in [-0.2, -0.15) is 0 Å². The van der Waals surface area contributed by atoms with Gasteiger partial charge >= 0.3 is 0 Å². The number of carbonyl (C=O) groups excluding carboxylic acids is 1. The molecule has 3 rings (SSSR count). The van der Waals surface area contributed by atoms with Crippen molar-refractivity contribution >= 4 is 47.3 Å². The van der Waals surface area contributed by atoms with Crippen LogP contribution in [0.5, 0.6) is 0 Å². The van der Waals surface area contributed by atoms with Crippen molar-refractivity contribution in [2.24, 2.45) is 0 Å². The summed E-state index contributed by atoms with van der Waals surface area (Å²) in [7, 11) is 2.08. The molecule has 1 saturated heterocycles. The van der Waals surface area contributed by atoms with Crippen LogP contribution in [-0.4, -0.2) is 41.9 Å². The van der Waals surface area contributed by atoms with Gasteiger partial charge in [0.15, 0.2) is 5.13 Å². The van der Waals surface area contributed by atoms with Crippen LogP contribution < -0.4 is 10.2 Å². The van der Waals surface area contributed by atoms with Crippen molar-refractivity contribution in [1.82, 2.24) is 9.97 Å². The lowest BCUT2D eigenvalue weighted by Crippen LogP contribution is -2.36. The van der Waals surface area contributed by atoms with Crippen LogP contribution >= 0.6 is 20.6 Å². The molecule has 1 N–H and O–H groups in total. The lowest BCUT2D eigenvalue weighted by molar-refractivity contribution is 0.123. The maximum absolute atomic E-state index is 11.1. The van der Waals surface area contributed by atoms with E-state index in [2.05, 4.69) is 29.4 Å². The van der Waals surface area contributed by atoms with E-state index in [9.17, 15) is 4.79 Å². The van der Waals surface area contributed by atoms with Crippen LogP contribution in [0.4, 0.5) is 15.6 Å². The van der Waals surface area contributed by atoms with E-state index in [1.165, 1.54) is 11.3 Å². The molecule has 0 bridgehead atoms. The molecular weight excluding hydrogens is 283 g/mol. The summed E-state index contributed by atoms with van der Waals surface area (Å²) >= 11 is 1.47. The Labute approximate surface area is 116 Å². The number of amides is 1. The summed E-state index contributed by atoms with van der Waals surface area (Å²) in [5.41, 5.74) is 1.67. The first-order valence-electron chi connectivity index (χ1n) is 5.88. The van der Waals surface area contributed by atoms with Crippen LogP contribution in [0, 0.1) is 0 Å². The van der Waals surface area contributed by atoms with Gasteiger partial charge in [0.25, 0.3) is 0 Å². The molecule has 1 unspecified atom stereocenters. The highest BCUT2D eigenvalue weighted by Crippen LogP contribution is 2.33. The molecule has 1 amide bonds. The zero-order chi connectivity index (χ0) is 13.2. The van der Waals surface area contributed by atoms with Gasteiger partial charge in [-0.1, -0.05) is 11.3 Å². The van der Waals surface area contributed by atoms with E-state index in [0.717, 1.165) is 42.2 Å². The van der Waals surface area contributed by atoms with Gasteiger partial charge in [-0.15, -0.1) is 0 Å². The number of pyridine rings is 1. The zero-order valence-corrected chi connectivity index (χ0v) is 12.1. The van der Waals surface area contributed by atoms with Crippen molar-refractivity contribution in [3.63, 3.8) is 0 Å². The van der Waals surface area contributed by atoms with Crippen molar-refractivity contribution in [2.45, 2.75) is 0 Å². The van der Waals surface area contributed by atoms with Gasteiger partial charge in [0.2, 0.25) is 5.65 Å². The molecule has 0 saturated carbocycles. The van der Waals surface area contributed by atoms with Crippen LogP contribution in [0.1, 0.15) is 0 Å². The first-order chi connectivity index (χ1) is 9.24. The van der Waals surface area contributed by atoms with Gasteiger partial charge in [-0.3, -0.25) is 15.1 Å². The molecule has 0 aliphatic carbocycles. The number of nitrogens with zero attached hydrogens (tertiary/aromatic N) is 3. The summed E-state index contributed by atoms with van der Waals surface area (Å²) in [6.45, 7) is 3.16. The predicted molar refractivity (Wildman–Crippen MR) is 79.2 cm³/mol. The summed E-state index contributed by atoms with van der Waals surface area (Å²) in [4.78, 5) is 21.9. The van der Waals surface area contributed by atoms with Crippen LogP contribution in [0.3, 0.4) is 0 Å². The Morgan fingerprint density at radius 1 is 1.42 bits per heavy atom. The first kappa shape index (κ1) is 12.7. The molecule has 6 nitrogen and oxygen atoms in total. The smallest absolute Gasteiger partial charge is 0.240 e. The monoisotopic (exact) mass is 296 g/mol. The Balaban J connectivity index is 1.99. The fourth-order valence-electron chi connectivity index (χ4n) is 2.03. The summed E-state index contributed by atoms with van der Waals surface area (Å²) < 4.78 is 6.40. The number of rotatable bonds is 2. The van der Waals surface area contributed by atoms with Crippen molar-refractivity contribution in [2.75, 3.05) is 36.5 Å². The number of fused-ring (bicyclic) bond motifs is 1. The molecule has 3 heterocycles. The molecule has 100 valence electrons. The number of carbonyl (C=O) groups is 1. The number of aromatic nitrogens is 2. The normalized spacial score (nSPS) is 15.7.